The van der Waals surface area contributed by atoms with Crippen molar-refractivity contribution in [3.05, 3.63) is 63.2 Å². The van der Waals surface area contributed by atoms with Crippen molar-refractivity contribution >= 4 is 33.3 Å². The monoisotopic (exact) mass is 407 g/mol. The number of carbonyl (C=O) groups is 2. The van der Waals surface area contributed by atoms with Crippen LogP contribution in [0.25, 0.3) is 0 Å². The van der Waals surface area contributed by atoms with E-state index in [1.165, 1.54) is 37.3 Å². The number of hydrogen-bond donors (Lipinski definition) is 2. The zero-order valence-corrected chi connectivity index (χ0v) is 15.8. The van der Waals surface area contributed by atoms with Gasteiger partial charge in [0.15, 0.2) is 6.61 Å². The first-order valence-electron chi connectivity index (χ1n) is 7.84. The third kappa shape index (κ3) is 5.11. The molecule has 2 aromatic rings. The number of aryl methyl sites for hydroxylation is 2. The number of sulfonamides is 1. The highest BCUT2D eigenvalue weighted by molar-refractivity contribution is 7.89. The Morgan fingerprint density at radius 1 is 1.14 bits per heavy atom. The molecule has 0 unspecified atom stereocenters. The summed E-state index contributed by atoms with van der Waals surface area (Å²) in [5, 5.41) is 18.4. The van der Waals surface area contributed by atoms with Crippen molar-refractivity contribution in [3.63, 3.8) is 0 Å². The molecular weight excluding hydrogens is 390 g/mol. The molecule has 0 aliphatic carbocycles. The lowest BCUT2D eigenvalue weighted by atomic mass is 10.1. The van der Waals surface area contributed by atoms with E-state index in [0.717, 1.165) is 6.07 Å². The molecule has 0 saturated heterocycles. The second-order valence-electron chi connectivity index (χ2n) is 5.91. The minimum atomic E-state index is -4.02. The van der Waals surface area contributed by atoms with Gasteiger partial charge in [-0.1, -0.05) is 12.1 Å². The number of primary sulfonamides is 1. The van der Waals surface area contributed by atoms with Crippen LogP contribution in [0.2, 0.25) is 0 Å². The van der Waals surface area contributed by atoms with Crippen LogP contribution in [-0.4, -0.2) is 31.8 Å². The van der Waals surface area contributed by atoms with Crippen molar-refractivity contribution < 1.29 is 27.7 Å². The van der Waals surface area contributed by atoms with Gasteiger partial charge >= 0.3 is 5.97 Å². The normalized spacial score (nSPS) is 11.0. The van der Waals surface area contributed by atoms with Crippen molar-refractivity contribution in [2.24, 2.45) is 5.14 Å². The Kier molecular flexibility index (Phi) is 6.11. The quantitative estimate of drug-likeness (QED) is 0.418. The molecule has 1 amide bonds. The number of amides is 1. The number of ether oxygens (including phenoxy) is 1. The molecule has 2 rings (SSSR count). The van der Waals surface area contributed by atoms with Gasteiger partial charge in [-0.2, -0.15) is 0 Å². The van der Waals surface area contributed by atoms with Gasteiger partial charge < -0.3 is 10.1 Å². The molecule has 0 atom stereocenters. The predicted octanol–water partition coefficient (Wildman–Crippen LogP) is 1.65. The van der Waals surface area contributed by atoms with Gasteiger partial charge in [-0.15, -0.1) is 0 Å². The number of rotatable bonds is 6. The van der Waals surface area contributed by atoms with Crippen LogP contribution in [-0.2, 0) is 19.6 Å². The van der Waals surface area contributed by atoms with Gasteiger partial charge in [0.2, 0.25) is 10.0 Å². The molecule has 0 spiro atoms. The zero-order chi connectivity index (χ0) is 21.1. The third-order valence-electron chi connectivity index (χ3n) is 3.75. The van der Waals surface area contributed by atoms with Crippen LogP contribution in [0.3, 0.4) is 0 Å². The Morgan fingerprint density at radius 2 is 1.79 bits per heavy atom. The van der Waals surface area contributed by atoms with E-state index in [9.17, 15) is 28.1 Å². The van der Waals surface area contributed by atoms with E-state index < -0.39 is 33.4 Å². The molecule has 0 heterocycles. The lowest BCUT2D eigenvalue weighted by Crippen LogP contribution is -2.21. The van der Waals surface area contributed by atoms with E-state index in [0.29, 0.717) is 11.1 Å². The Bertz CT molecular complexity index is 1060. The molecule has 0 aromatic heterocycles. The maximum absolute atomic E-state index is 12.1. The highest BCUT2D eigenvalue weighted by atomic mass is 32.2. The van der Waals surface area contributed by atoms with E-state index in [-0.39, 0.29) is 21.8 Å². The molecule has 0 radical (unpaired) electrons. The minimum Gasteiger partial charge on any atom is -0.452 e. The summed E-state index contributed by atoms with van der Waals surface area (Å²) in [7, 11) is -4.02. The number of hydrogen-bond acceptors (Lipinski definition) is 7. The summed E-state index contributed by atoms with van der Waals surface area (Å²) in [6, 6.07) is 7.93. The Morgan fingerprint density at radius 3 is 2.39 bits per heavy atom. The molecule has 0 saturated carbocycles. The fourth-order valence-electron chi connectivity index (χ4n) is 2.33. The fraction of sp³-hybridized carbons (Fsp3) is 0.176. The highest BCUT2D eigenvalue weighted by Crippen LogP contribution is 2.22. The maximum atomic E-state index is 12.1. The van der Waals surface area contributed by atoms with E-state index >= 15 is 0 Å². The van der Waals surface area contributed by atoms with Gasteiger partial charge in [0.1, 0.15) is 0 Å². The number of benzene rings is 2. The van der Waals surface area contributed by atoms with Crippen LogP contribution >= 0.6 is 0 Å². The van der Waals surface area contributed by atoms with E-state index in [4.69, 9.17) is 9.88 Å². The molecule has 148 valence electrons. The van der Waals surface area contributed by atoms with Gasteiger partial charge in [-0.05, 0) is 37.6 Å². The molecule has 3 N–H and O–H groups in total. The summed E-state index contributed by atoms with van der Waals surface area (Å²) in [5.74, 6) is -1.64. The van der Waals surface area contributed by atoms with Crippen molar-refractivity contribution in [1.29, 1.82) is 0 Å². The van der Waals surface area contributed by atoms with Crippen LogP contribution < -0.4 is 10.5 Å². The van der Waals surface area contributed by atoms with Gasteiger partial charge in [0.05, 0.1) is 15.4 Å². The number of nitro benzene ring substituents is 1. The molecular formula is C17H17N3O7S. The van der Waals surface area contributed by atoms with Crippen LogP contribution in [0, 0.1) is 24.0 Å². The zero-order valence-electron chi connectivity index (χ0n) is 15.0. The minimum absolute atomic E-state index is 0.0894. The van der Waals surface area contributed by atoms with Crippen molar-refractivity contribution in [2.75, 3.05) is 11.9 Å². The number of anilines is 1. The number of nitrogens with zero attached hydrogens (tertiary/aromatic N) is 1. The van der Waals surface area contributed by atoms with Crippen LogP contribution in [0.4, 0.5) is 11.4 Å². The molecule has 2 aromatic carbocycles. The molecule has 0 bridgehead atoms. The summed E-state index contributed by atoms with van der Waals surface area (Å²) in [6.45, 7) is 2.41. The molecule has 10 nitrogen and oxygen atoms in total. The topological polar surface area (TPSA) is 159 Å². The molecule has 0 aliphatic rings. The highest BCUT2D eigenvalue weighted by Gasteiger charge is 2.17. The van der Waals surface area contributed by atoms with Crippen molar-refractivity contribution in [3.8, 4) is 0 Å². The number of nitrogens with two attached hydrogens (primary N) is 1. The molecule has 28 heavy (non-hydrogen) atoms. The number of nitrogens with one attached hydrogen (secondary N) is 1. The largest absolute Gasteiger partial charge is 0.452 e. The van der Waals surface area contributed by atoms with Gasteiger partial charge in [0, 0.05) is 17.3 Å². The standard InChI is InChI=1S/C17H17N3O7S/c1-10-4-6-13(8-14(10)20(23)24)19-16(21)9-27-17(22)12-5-3-11(2)15(7-12)28(18,25)26/h3-8H,9H2,1-2H3,(H,19,21)(H2,18,25,26). The van der Waals surface area contributed by atoms with E-state index in [1.54, 1.807) is 6.92 Å². The SMILES string of the molecule is Cc1ccc(NC(=O)COC(=O)c2ccc(C)c(S(N)(=O)=O)c2)cc1[N+](=O)[O-]. The lowest BCUT2D eigenvalue weighted by molar-refractivity contribution is -0.385. The summed E-state index contributed by atoms with van der Waals surface area (Å²) >= 11 is 0. The first-order valence-corrected chi connectivity index (χ1v) is 9.39. The average molecular weight is 407 g/mol. The second-order valence-corrected chi connectivity index (χ2v) is 7.44. The molecule has 0 fully saturated rings. The summed E-state index contributed by atoms with van der Waals surface area (Å²) in [4.78, 5) is 34.1. The molecule has 11 heteroatoms. The number of nitro groups is 1. The predicted molar refractivity (Wildman–Crippen MR) is 99.3 cm³/mol. The van der Waals surface area contributed by atoms with Gasteiger partial charge in [0.25, 0.3) is 11.6 Å². The Balaban J connectivity index is 2.04. The maximum Gasteiger partial charge on any atom is 0.338 e. The fourth-order valence-corrected chi connectivity index (χ4v) is 3.14. The Labute approximate surface area is 160 Å². The molecule has 0 aliphatic heterocycles. The van der Waals surface area contributed by atoms with E-state index in [2.05, 4.69) is 5.32 Å². The van der Waals surface area contributed by atoms with Crippen LogP contribution in [0.5, 0.6) is 0 Å². The van der Waals surface area contributed by atoms with Gasteiger partial charge in [-0.25, -0.2) is 18.4 Å². The van der Waals surface area contributed by atoms with E-state index in [1.807, 2.05) is 0 Å². The summed E-state index contributed by atoms with van der Waals surface area (Å²) in [5.41, 5.74) is 0.709. The first-order chi connectivity index (χ1) is 13.0. The second kappa shape index (κ2) is 8.15. The van der Waals surface area contributed by atoms with Crippen LogP contribution in [0.1, 0.15) is 21.5 Å². The van der Waals surface area contributed by atoms with Crippen molar-refractivity contribution in [1.82, 2.24) is 0 Å². The van der Waals surface area contributed by atoms with Gasteiger partial charge in [-0.3, -0.25) is 14.9 Å². The average Bonchev–Trinajstić information content (AvgIpc) is 2.60. The summed E-state index contributed by atoms with van der Waals surface area (Å²) in [6.07, 6.45) is 0. The van der Waals surface area contributed by atoms with Crippen LogP contribution in [0.15, 0.2) is 41.3 Å². The third-order valence-corrected chi connectivity index (χ3v) is 4.81. The van der Waals surface area contributed by atoms with Crippen molar-refractivity contribution in [2.45, 2.75) is 18.7 Å². The summed E-state index contributed by atoms with van der Waals surface area (Å²) < 4.78 is 27.9. The Hall–Kier alpha value is -3.31. The lowest BCUT2D eigenvalue weighted by Gasteiger charge is -2.09. The number of carbonyl (C=O) groups excluding carboxylic acids is 2. The first kappa shape index (κ1) is 21.0. The number of esters is 1. The smallest absolute Gasteiger partial charge is 0.338 e.